The molecule has 0 saturated carbocycles. The molecule has 0 fully saturated rings. The molecule has 1 aromatic carbocycles. The largest absolute Gasteiger partial charge is 0.459 e. The van der Waals surface area contributed by atoms with Crippen LogP contribution in [0.5, 0.6) is 0 Å². The summed E-state index contributed by atoms with van der Waals surface area (Å²) in [7, 11) is 0. The van der Waals surface area contributed by atoms with Gasteiger partial charge in [-0.2, -0.15) is 0 Å². The molecule has 24 heavy (non-hydrogen) atoms. The van der Waals surface area contributed by atoms with Crippen molar-refractivity contribution in [1.82, 2.24) is 10.6 Å². The summed E-state index contributed by atoms with van der Waals surface area (Å²) in [5.41, 5.74) is 6.00. The van der Waals surface area contributed by atoms with E-state index in [-0.39, 0.29) is 38.0 Å². The van der Waals surface area contributed by atoms with Crippen molar-refractivity contribution in [2.45, 2.75) is 26.5 Å². The maximum Gasteiger partial charge on any atom is 0.329 e. The highest BCUT2D eigenvalue weighted by atomic mass is 35.5. The van der Waals surface area contributed by atoms with E-state index in [9.17, 15) is 14.4 Å². The lowest BCUT2D eigenvalue weighted by molar-refractivity contribution is -0.150. The lowest BCUT2D eigenvalue weighted by atomic mass is 10.0. The number of ether oxygens (including phenoxy) is 1. The van der Waals surface area contributed by atoms with E-state index in [2.05, 4.69) is 10.6 Å². The molecule has 0 aliphatic heterocycles. The topological polar surface area (TPSA) is 111 Å². The minimum atomic E-state index is -0.777. The first kappa shape index (κ1) is 21.9. The minimum Gasteiger partial charge on any atom is -0.459 e. The molecule has 134 valence electrons. The number of nitrogens with two attached hydrogens (primary N) is 1. The molecule has 8 heteroatoms. The van der Waals surface area contributed by atoms with Crippen LogP contribution in [0.3, 0.4) is 0 Å². The summed E-state index contributed by atoms with van der Waals surface area (Å²) in [5.74, 6) is -1.56. The Morgan fingerprint density at radius 1 is 1.12 bits per heavy atom. The number of amides is 2. The van der Waals surface area contributed by atoms with Crippen molar-refractivity contribution in [3.05, 3.63) is 35.9 Å². The number of benzene rings is 1. The predicted molar refractivity (Wildman–Crippen MR) is 92.3 cm³/mol. The van der Waals surface area contributed by atoms with Crippen molar-refractivity contribution in [1.29, 1.82) is 0 Å². The minimum absolute atomic E-state index is 0. The summed E-state index contributed by atoms with van der Waals surface area (Å²) in [6.07, 6.45) is 0. The molecule has 0 unspecified atom stereocenters. The molecule has 0 bridgehead atoms. The molecule has 1 rings (SSSR count). The Balaban J connectivity index is 0.00000529. The van der Waals surface area contributed by atoms with Gasteiger partial charge in [-0.15, -0.1) is 12.4 Å². The van der Waals surface area contributed by atoms with Crippen LogP contribution < -0.4 is 16.4 Å². The van der Waals surface area contributed by atoms with Crippen LogP contribution in [0.25, 0.3) is 0 Å². The third-order valence-corrected chi connectivity index (χ3v) is 3.09. The second-order valence-corrected chi connectivity index (χ2v) is 5.36. The van der Waals surface area contributed by atoms with Crippen molar-refractivity contribution >= 4 is 30.2 Å². The molecule has 0 aromatic heterocycles. The van der Waals surface area contributed by atoms with Crippen molar-refractivity contribution in [2.75, 3.05) is 13.1 Å². The fourth-order valence-corrected chi connectivity index (χ4v) is 1.79. The standard InChI is InChI=1S/C16H23N3O4.ClH/c1-11(2)15(19-14(21)9-18-13(20)8-17)16(22)23-10-12-6-4-3-5-7-12;/h3-7,11,15H,8-10,17H2,1-2H3,(H,18,20)(H,19,21);1H/t15-;/m0./s1. The first-order chi connectivity index (χ1) is 10.9. The van der Waals surface area contributed by atoms with E-state index in [1.54, 1.807) is 13.8 Å². The Morgan fingerprint density at radius 2 is 1.75 bits per heavy atom. The van der Waals surface area contributed by atoms with E-state index in [0.717, 1.165) is 5.56 Å². The molecule has 0 spiro atoms. The van der Waals surface area contributed by atoms with Gasteiger partial charge in [0.1, 0.15) is 12.6 Å². The molecule has 4 N–H and O–H groups in total. The van der Waals surface area contributed by atoms with Crippen molar-refractivity contribution in [2.24, 2.45) is 11.7 Å². The van der Waals surface area contributed by atoms with E-state index in [1.165, 1.54) is 0 Å². The Morgan fingerprint density at radius 3 is 2.29 bits per heavy atom. The van der Waals surface area contributed by atoms with E-state index in [4.69, 9.17) is 10.5 Å². The number of hydrogen-bond acceptors (Lipinski definition) is 5. The lowest BCUT2D eigenvalue weighted by Gasteiger charge is -2.21. The molecule has 0 radical (unpaired) electrons. The van der Waals surface area contributed by atoms with Crippen molar-refractivity contribution < 1.29 is 19.1 Å². The maximum atomic E-state index is 12.1. The Labute approximate surface area is 147 Å². The molecular weight excluding hydrogens is 334 g/mol. The smallest absolute Gasteiger partial charge is 0.329 e. The summed E-state index contributed by atoms with van der Waals surface area (Å²) < 4.78 is 5.24. The molecule has 0 aliphatic rings. The Kier molecular flexibility index (Phi) is 10.4. The van der Waals surface area contributed by atoms with Gasteiger partial charge in [0.05, 0.1) is 13.1 Å². The van der Waals surface area contributed by atoms with Gasteiger partial charge in [-0.1, -0.05) is 44.2 Å². The van der Waals surface area contributed by atoms with Crippen LogP contribution in [0.4, 0.5) is 0 Å². The zero-order valence-electron chi connectivity index (χ0n) is 13.8. The molecule has 1 atom stereocenters. The van der Waals surface area contributed by atoms with Crippen LogP contribution in [0, 0.1) is 5.92 Å². The van der Waals surface area contributed by atoms with Gasteiger partial charge in [0.15, 0.2) is 0 Å². The summed E-state index contributed by atoms with van der Waals surface area (Å²) in [4.78, 5) is 34.9. The van der Waals surface area contributed by atoms with Gasteiger partial charge in [0.2, 0.25) is 11.8 Å². The molecule has 0 aliphatic carbocycles. The van der Waals surface area contributed by atoms with Crippen LogP contribution in [0.1, 0.15) is 19.4 Å². The number of rotatable bonds is 8. The first-order valence-electron chi connectivity index (χ1n) is 7.40. The first-order valence-corrected chi connectivity index (χ1v) is 7.40. The number of hydrogen-bond donors (Lipinski definition) is 3. The maximum absolute atomic E-state index is 12.1. The number of carbonyl (C=O) groups is 3. The number of halogens is 1. The molecule has 0 heterocycles. The van der Waals surface area contributed by atoms with Gasteiger partial charge < -0.3 is 21.1 Å². The third kappa shape index (κ3) is 7.94. The van der Waals surface area contributed by atoms with E-state index in [1.807, 2.05) is 30.3 Å². The summed E-state index contributed by atoms with van der Waals surface area (Å²) in [6, 6.07) is 8.49. The monoisotopic (exact) mass is 357 g/mol. The predicted octanol–water partition coefficient (Wildman–Crippen LogP) is 0.367. The van der Waals surface area contributed by atoms with Crippen LogP contribution in [-0.2, 0) is 25.7 Å². The molecule has 7 nitrogen and oxygen atoms in total. The van der Waals surface area contributed by atoms with E-state index < -0.39 is 23.8 Å². The average molecular weight is 358 g/mol. The van der Waals surface area contributed by atoms with Crippen molar-refractivity contribution in [3.8, 4) is 0 Å². The highest BCUT2D eigenvalue weighted by Gasteiger charge is 2.25. The SMILES string of the molecule is CC(C)[C@H](NC(=O)CNC(=O)CN)C(=O)OCc1ccccc1.Cl. The average Bonchev–Trinajstić information content (AvgIpc) is 2.55. The van der Waals surface area contributed by atoms with Gasteiger partial charge in [-0.05, 0) is 11.5 Å². The highest BCUT2D eigenvalue weighted by molar-refractivity contribution is 5.88. The molecule has 0 saturated heterocycles. The van der Waals surface area contributed by atoms with Crippen LogP contribution in [0.2, 0.25) is 0 Å². The number of nitrogens with one attached hydrogen (secondary N) is 2. The van der Waals surface area contributed by atoms with Crippen LogP contribution in [-0.4, -0.2) is 36.9 Å². The second-order valence-electron chi connectivity index (χ2n) is 5.36. The van der Waals surface area contributed by atoms with Gasteiger partial charge >= 0.3 is 5.97 Å². The van der Waals surface area contributed by atoms with Gasteiger partial charge in [-0.3, -0.25) is 9.59 Å². The Bertz CT molecular complexity index is 537. The van der Waals surface area contributed by atoms with E-state index >= 15 is 0 Å². The number of esters is 1. The highest BCUT2D eigenvalue weighted by Crippen LogP contribution is 2.07. The van der Waals surface area contributed by atoms with Gasteiger partial charge in [0, 0.05) is 0 Å². The van der Waals surface area contributed by atoms with E-state index in [0.29, 0.717) is 0 Å². The third-order valence-electron chi connectivity index (χ3n) is 3.09. The summed E-state index contributed by atoms with van der Waals surface area (Å²) in [5, 5.41) is 4.91. The van der Waals surface area contributed by atoms with Gasteiger partial charge in [-0.25, -0.2) is 4.79 Å². The quantitative estimate of drug-likeness (QED) is 0.582. The normalized spacial score (nSPS) is 11.2. The van der Waals surface area contributed by atoms with Crippen LogP contribution >= 0.6 is 12.4 Å². The number of carbonyl (C=O) groups excluding carboxylic acids is 3. The molecule has 2 amide bonds. The fraction of sp³-hybridized carbons (Fsp3) is 0.438. The van der Waals surface area contributed by atoms with Crippen LogP contribution in [0.15, 0.2) is 30.3 Å². The van der Waals surface area contributed by atoms with Crippen molar-refractivity contribution in [3.63, 3.8) is 0 Å². The molecular formula is C16H24ClN3O4. The zero-order chi connectivity index (χ0) is 17.2. The molecule has 1 aromatic rings. The zero-order valence-corrected chi connectivity index (χ0v) is 14.6. The second kappa shape index (κ2) is 11.4. The summed E-state index contributed by atoms with van der Waals surface area (Å²) in [6.45, 7) is 3.31. The Hall–Kier alpha value is -2.12. The lowest BCUT2D eigenvalue weighted by Crippen LogP contribution is -2.49. The fourth-order valence-electron chi connectivity index (χ4n) is 1.79. The summed E-state index contributed by atoms with van der Waals surface area (Å²) >= 11 is 0. The van der Waals surface area contributed by atoms with Gasteiger partial charge in [0.25, 0.3) is 0 Å².